The second-order valence-corrected chi connectivity index (χ2v) is 6.94. The number of rotatable bonds is 6. The van der Waals surface area contributed by atoms with Gasteiger partial charge in [0, 0.05) is 37.2 Å². The third-order valence-electron chi connectivity index (χ3n) is 3.77. The third kappa shape index (κ3) is 3.93. The highest BCUT2D eigenvalue weighted by Crippen LogP contribution is 2.31. The van der Waals surface area contributed by atoms with E-state index in [1.807, 2.05) is 11.3 Å². The molecule has 1 N–H and O–H groups in total. The molecule has 0 amide bonds. The molecule has 114 valence electrons. The van der Waals surface area contributed by atoms with E-state index < -0.39 is 0 Å². The van der Waals surface area contributed by atoms with Crippen LogP contribution in [0.5, 0.6) is 0 Å². The Bertz CT molecular complexity index is 419. The van der Waals surface area contributed by atoms with Gasteiger partial charge >= 0.3 is 0 Å². The van der Waals surface area contributed by atoms with E-state index in [1.165, 1.54) is 29.3 Å². The summed E-state index contributed by atoms with van der Waals surface area (Å²) in [7, 11) is 1.74. The number of ether oxygens (including phenoxy) is 1. The zero-order chi connectivity index (χ0) is 14.5. The Balaban J connectivity index is 2.14. The molecule has 0 radical (unpaired) electrons. The zero-order valence-corrected chi connectivity index (χ0v) is 13.9. The van der Waals surface area contributed by atoms with Crippen molar-refractivity contribution in [1.29, 1.82) is 0 Å². The summed E-state index contributed by atoms with van der Waals surface area (Å²) in [6.45, 7) is 9.28. The van der Waals surface area contributed by atoms with E-state index in [0.29, 0.717) is 18.7 Å². The molecule has 2 rings (SSSR count). The quantitative estimate of drug-likeness (QED) is 0.875. The second kappa shape index (κ2) is 7.38. The van der Waals surface area contributed by atoms with Gasteiger partial charge in [0.25, 0.3) is 0 Å². The average molecular weight is 297 g/mol. The monoisotopic (exact) mass is 297 g/mol. The standard InChI is InChI=1S/C15H27N3OS/c1-11(2)16-9-14-13(10-19-4)17-15(20-14)18-8-6-5-7-12(18)3/h11-12,16H,5-10H2,1-4H3. The number of aromatic nitrogens is 1. The molecular formula is C15H27N3OS. The lowest BCUT2D eigenvalue weighted by atomic mass is 10.1. The number of nitrogens with zero attached hydrogens (tertiary/aromatic N) is 2. The van der Waals surface area contributed by atoms with Crippen LogP contribution in [0.3, 0.4) is 0 Å². The van der Waals surface area contributed by atoms with Crippen molar-refractivity contribution < 1.29 is 4.74 Å². The molecule has 2 heterocycles. The zero-order valence-electron chi connectivity index (χ0n) is 13.1. The lowest BCUT2D eigenvalue weighted by Crippen LogP contribution is -2.37. The first-order chi connectivity index (χ1) is 9.61. The van der Waals surface area contributed by atoms with Gasteiger partial charge in [0.2, 0.25) is 0 Å². The summed E-state index contributed by atoms with van der Waals surface area (Å²) in [5.74, 6) is 0. The van der Waals surface area contributed by atoms with Crippen molar-refractivity contribution in [2.24, 2.45) is 0 Å². The van der Waals surface area contributed by atoms with Crippen LogP contribution in [0.15, 0.2) is 0 Å². The Morgan fingerprint density at radius 1 is 1.45 bits per heavy atom. The van der Waals surface area contributed by atoms with Crippen molar-refractivity contribution in [2.45, 2.75) is 65.3 Å². The Labute approximate surface area is 126 Å². The van der Waals surface area contributed by atoms with Crippen LogP contribution in [0.2, 0.25) is 0 Å². The summed E-state index contributed by atoms with van der Waals surface area (Å²) in [5.41, 5.74) is 1.10. The minimum atomic E-state index is 0.491. The van der Waals surface area contributed by atoms with Crippen LogP contribution in [0.4, 0.5) is 5.13 Å². The summed E-state index contributed by atoms with van der Waals surface area (Å²) >= 11 is 1.82. The van der Waals surface area contributed by atoms with Gasteiger partial charge in [-0.1, -0.05) is 13.8 Å². The molecule has 1 fully saturated rings. The predicted octanol–water partition coefficient (Wildman–Crippen LogP) is 3.17. The van der Waals surface area contributed by atoms with Crippen LogP contribution in [0.1, 0.15) is 50.6 Å². The van der Waals surface area contributed by atoms with E-state index >= 15 is 0 Å². The molecule has 0 bridgehead atoms. The van der Waals surface area contributed by atoms with E-state index in [-0.39, 0.29) is 0 Å². The largest absolute Gasteiger partial charge is 0.378 e. The first kappa shape index (κ1) is 15.7. The normalized spacial score (nSPS) is 19.9. The molecule has 1 saturated heterocycles. The maximum Gasteiger partial charge on any atom is 0.186 e. The fraction of sp³-hybridized carbons (Fsp3) is 0.800. The molecule has 20 heavy (non-hydrogen) atoms. The SMILES string of the molecule is COCc1nc(N2CCCCC2C)sc1CNC(C)C. The van der Waals surface area contributed by atoms with Gasteiger partial charge in [-0.05, 0) is 26.2 Å². The first-order valence-corrected chi connectivity index (χ1v) is 8.41. The van der Waals surface area contributed by atoms with Gasteiger partial charge in [0.05, 0.1) is 12.3 Å². The van der Waals surface area contributed by atoms with Crippen LogP contribution in [0.25, 0.3) is 0 Å². The fourth-order valence-electron chi connectivity index (χ4n) is 2.56. The van der Waals surface area contributed by atoms with Crippen molar-refractivity contribution in [1.82, 2.24) is 10.3 Å². The van der Waals surface area contributed by atoms with Gasteiger partial charge in [-0.15, -0.1) is 11.3 Å². The Morgan fingerprint density at radius 2 is 2.25 bits per heavy atom. The van der Waals surface area contributed by atoms with Gasteiger partial charge in [-0.2, -0.15) is 0 Å². The summed E-state index contributed by atoms with van der Waals surface area (Å²) in [6, 6.07) is 1.10. The van der Waals surface area contributed by atoms with Crippen LogP contribution in [0, 0.1) is 0 Å². The molecule has 0 aromatic carbocycles. The number of piperidine rings is 1. The topological polar surface area (TPSA) is 37.4 Å². The molecule has 1 aromatic heterocycles. The Kier molecular flexibility index (Phi) is 5.81. The van der Waals surface area contributed by atoms with Gasteiger partial charge < -0.3 is 15.0 Å². The van der Waals surface area contributed by atoms with Crippen LogP contribution >= 0.6 is 11.3 Å². The number of methoxy groups -OCH3 is 1. The van der Waals surface area contributed by atoms with Crippen LogP contribution in [-0.2, 0) is 17.9 Å². The van der Waals surface area contributed by atoms with E-state index in [0.717, 1.165) is 18.8 Å². The molecule has 5 heteroatoms. The molecule has 4 nitrogen and oxygen atoms in total. The van der Waals surface area contributed by atoms with Crippen LogP contribution in [-0.4, -0.2) is 30.7 Å². The van der Waals surface area contributed by atoms with Crippen molar-refractivity contribution in [3.63, 3.8) is 0 Å². The molecule has 0 spiro atoms. The highest BCUT2D eigenvalue weighted by molar-refractivity contribution is 7.15. The number of thiazole rings is 1. The van der Waals surface area contributed by atoms with Gasteiger partial charge in [-0.3, -0.25) is 0 Å². The molecule has 1 unspecified atom stereocenters. The van der Waals surface area contributed by atoms with Crippen molar-refractivity contribution in [2.75, 3.05) is 18.6 Å². The van der Waals surface area contributed by atoms with E-state index in [2.05, 4.69) is 31.0 Å². The summed E-state index contributed by atoms with van der Waals surface area (Å²) < 4.78 is 5.30. The third-order valence-corrected chi connectivity index (χ3v) is 4.90. The second-order valence-electron chi connectivity index (χ2n) is 5.87. The van der Waals surface area contributed by atoms with Crippen molar-refractivity contribution in [3.05, 3.63) is 10.6 Å². The lowest BCUT2D eigenvalue weighted by Gasteiger charge is -2.33. The smallest absolute Gasteiger partial charge is 0.186 e. The van der Waals surface area contributed by atoms with Crippen molar-refractivity contribution in [3.8, 4) is 0 Å². The Morgan fingerprint density at radius 3 is 2.90 bits per heavy atom. The summed E-state index contributed by atoms with van der Waals surface area (Å²) in [6.07, 6.45) is 3.90. The minimum absolute atomic E-state index is 0.491. The maximum absolute atomic E-state index is 5.30. The lowest BCUT2D eigenvalue weighted by molar-refractivity contribution is 0.181. The molecule has 1 atom stereocenters. The van der Waals surface area contributed by atoms with Gasteiger partial charge in [0.15, 0.2) is 5.13 Å². The number of anilines is 1. The molecule has 1 aliphatic rings. The first-order valence-electron chi connectivity index (χ1n) is 7.59. The van der Waals surface area contributed by atoms with Gasteiger partial charge in [-0.25, -0.2) is 4.98 Å². The Hall–Kier alpha value is -0.650. The number of hydrogen-bond acceptors (Lipinski definition) is 5. The predicted molar refractivity (Wildman–Crippen MR) is 85.5 cm³/mol. The molecule has 1 aromatic rings. The van der Waals surface area contributed by atoms with E-state index in [9.17, 15) is 0 Å². The fourth-order valence-corrected chi connectivity index (χ4v) is 3.70. The van der Waals surface area contributed by atoms with Gasteiger partial charge in [0.1, 0.15) is 0 Å². The highest BCUT2D eigenvalue weighted by Gasteiger charge is 2.23. The van der Waals surface area contributed by atoms with Crippen LogP contribution < -0.4 is 10.2 Å². The molecular weight excluding hydrogens is 270 g/mol. The average Bonchev–Trinajstić information content (AvgIpc) is 2.80. The highest BCUT2D eigenvalue weighted by atomic mass is 32.1. The minimum Gasteiger partial charge on any atom is -0.378 e. The summed E-state index contributed by atoms with van der Waals surface area (Å²) in [4.78, 5) is 8.61. The molecule has 0 aliphatic carbocycles. The molecule has 0 saturated carbocycles. The molecule has 1 aliphatic heterocycles. The van der Waals surface area contributed by atoms with E-state index in [4.69, 9.17) is 9.72 Å². The number of hydrogen-bond donors (Lipinski definition) is 1. The van der Waals surface area contributed by atoms with Crippen molar-refractivity contribution >= 4 is 16.5 Å². The van der Waals surface area contributed by atoms with E-state index in [1.54, 1.807) is 7.11 Å². The number of nitrogens with one attached hydrogen (secondary N) is 1. The summed E-state index contributed by atoms with van der Waals surface area (Å²) in [5, 5.41) is 4.66. The maximum atomic E-state index is 5.30.